The van der Waals surface area contributed by atoms with Gasteiger partial charge in [0.15, 0.2) is 0 Å². The molecule has 1 atom stereocenters. The molecule has 0 amide bonds. The summed E-state index contributed by atoms with van der Waals surface area (Å²) in [5.74, 6) is 0.995. The summed E-state index contributed by atoms with van der Waals surface area (Å²) in [7, 11) is 1.91. The van der Waals surface area contributed by atoms with E-state index in [2.05, 4.69) is 38.9 Å². The number of hydrogen-bond donors (Lipinski definition) is 2. The lowest BCUT2D eigenvalue weighted by atomic mass is 10.00. The second-order valence-electron chi connectivity index (χ2n) is 4.05. The monoisotopic (exact) mass is 230 g/mol. The highest BCUT2D eigenvalue weighted by molar-refractivity contribution is 5.47. The molecule has 2 aromatic rings. The Labute approximate surface area is 99.2 Å². The molecule has 0 spiro atoms. The first kappa shape index (κ1) is 10.3. The summed E-state index contributed by atoms with van der Waals surface area (Å²) in [6, 6.07) is 6.26. The summed E-state index contributed by atoms with van der Waals surface area (Å²) in [5.41, 5.74) is 3.26. The van der Waals surface area contributed by atoms with Crippen LogP contribution in [0.3, 0.4) is 0 Å². The number of H-pyrrole nitrogens is 1. The number of para-hydroxylation sites is 1. The number of rotatable bonds is 3. The van der Waals surface area contributed by atoms with Gasteiger partial charge in [-0.05, 0) is 12.6 Å². The molecule has 0 bridgehead atoms. The SMILES string of the molecule is CNC(c1cn[nH]n1)c1cccc2c1OCC2. The summed E-state index contributed by atoms with van der Waals surface area (Å²) in [4.78, 5) is 0. The molecule has 0 saturated heterocycles. The lowest BCUT2D eigenvalue weighted by molar-refractivity contribution is 0.351. The van der Waals surface area contributed by atoms with Gasteiger partial charge in [0.25, 0.3) is 0 Å². The van der Waals surface area contributed by atoms with Crippen molar-refractivity contribution in [3.63, 3.8) is 0 Å². The third-order valence-electron chi connectivity index (χ3n) is 3.07. The van der Waals surface area contributed by atoms with Crippen molar-refractivity contribution in [1.82, 2.24) is 20.7 Å². The zero-order valence-electron chi connectivity index (χ0n) is 9.60. The third kappa shape index (κ3) is 1.68. The van der Waals surface area contributed by atoms with Gasteiger partial charge >= 0.3 is 0 Å². The van der Waals surface area contributed by atoms with E-state index >= 15 is 0 Å². The molecule has 0 aliphatic carbocycles. The highest BCUT2D eigenvalue weighted by atomic mass is 16.5. The minimum absolute atomic E-state index is 0.0156. The molecule has 1 aromatic heterocycles. The summed E-state index contributed by atoms with van der Waals surface area (Å²) in [6.07, 6.45) is 2.72. The highest BCUT2D eigenvalue weighted by Crippen LogP contribution is 2.35. The number of nitrogens with one attached hydrogen (secondary N) is 2. The van der Waals surface area contributed by atoms with Crippen LogP contribution in [0.5, 0.6) is 5.75 Å². The molecule has 2 heterocycles. The number of aromatic nitrogens is 3. The van der Waals surface area contributed by atoms with Crippen LogP contribution in [0.4, 0.5) is 0 Å². The Balaban J connectivity index is 2.06. The van der Waals surface area contributed by atoms with Crippen molar-refractivity contribution in [3.05, 3.63) is 41.2 Å². The minimum atomic E-state index is 0.0156. The van der Waals surface area contributed by atoms with Gasteiger partial charge < -0.3 is 10.1 Å². The first-order valence-corrected chi connectivity index (χ1v) is 5.67. The van der Waals surface area contributed by atoms with Gasteiger partial charge in [-0.3, -0.25) is 0 Å². The fourth-order valence-electron chi connectivity index (χ4n) is 2.28. The van der Waals surface area contributed by atoms with Crippen molar-refractivity contribution < 1.29 is 4.74 Å². The molecule has 1 aliphatic heterocycles. The van der Waals surface area contributed by atoms with E-state index < -0.39 is 0 Å². The topological polar surface area (TPSA) is 62.8 Å². The predicted octanol–water partition coefficient (Wildman–Crippen LogP) is 1.05. The summed E-state index contributed by atoms with van der Waals surface area (Å²) in [6.45, 7) is 0.765. The molecule has 1 aromatic carbocycles. The molecule has 17 heavy (non-hydrogen) atoms. The van der Waals surface area contributed by atoms with Crippen molar-refractivity contribution in [3.8, 4) is 5.75 Å². The van der Waals surface area contributed by atoms with Gasteiger partial charge in [-0.15, -0.1) is 0 Å². The van der Waals surface area contributed by atoms with Gasteiger partial charge in [0.05, 0.1) is 18.8 Å². The van der Waals surface area contributed by atoms with E-state index in [0.717, 1.165) is 30.0 Å². The molecule has 0 radical (unpaired) electrons. The summed E-state index contributed by atoms with van der Waals surface area (Å²) < 4.78 is 5.71. The Morgan fingerprint density at radius 2 is 2.41 bits per heavy atom. The third-order valence-corrected chi connectivity index (χ3v) is 3.07. The zero-order chi connectivity index (χ0) is 11.7. The second-order valence-corrected chi connectivity index (χ2v) is 4.05. The van der Waals surface area contributed by atoms with Gasteiger partial charge in [0, 0.05) is 12.0 Å². The molecule has 0 saturated carbocycles. The number of aromatic amines is 1. The maximum atomic E-state index is 5.71. The molecular weight excluding hydrogens is 216 g/mol. The number of ether oxygens (including phenoxy) is 1. The van der Waals surface area contributed by atoms with E-state index in [-0.39, 0.29) is 6.04 Å². The van der Waals surface area contributed by atoms with Gasteiger partial charge in [-0.2, -0.15) is 15.4 Å². The van der Waals surface area contributed by atoms with E-state index in [1.165, 1.54) is 5.56 Å². The molecule has 1 unspecified atom stereocenters. The predicted molar refractivity (Wildman–Crippen MR) is 62.9 cm³/mol. The molecule has 2 N–H and O–H groups in total. The van der Waals surface area contributed by atoms with Crippen LogP contribution in [0.25, 0.3) is 0 Å². The lowest BCUT2D eigenvalue weighted by Crippen LogP contribution is -2.18. The maximum absolute atomic E-state index is 5.71. The van der Waals surface area contributed by atoms with Crippen LogP contribution in [-0.4, -0.2) is 29.1 Å². The molecule has 88 valence electrons. The van der Waals surface area contributed by atoms with Gasteiger partial charge in [0.2, 0.25) is 0 Å². The molecule has 0 fully saturated rings. The van der Waals surface area contributed by atoms with E-state index in [1.54, 1.807) is 6.20 Å². The van der Waals surface area contributed by atoms with Gasteiger partial charge in [0.1, 0.15) is 11.4 Å². The van der Waals surface area contributed by atoms with Crippen LogP contribution in [0, 0.1) is 0 Å². The van der Waals surface area contributed by atoms with Crippen LogP contribution in [0.2, 0.25) is 0 Å². The quantitative estimate of drug-likeness (QED) is 0.827. The Bertz CT molecular complexity index is 509. The van der Waals surface area contributed by atoms with Crippen LogP contribution >= 0.6 is 0 Å². The number of benzene rings is 1. The Kier molecular flexibility index (Phi) is 2.53. The van der Waals surface area contributed by atoms with Crippen molar-refractivity contribution in [2.75, 3.05) is 13.7 Å². The second kappa shape index (κ2) is 4.18. The fourth-order valence-corrected chi connectivity index (χ4v) is 2.28. The van der Waals surface area contributed by atoms with Crippen molar-refractivity contribution >= 4 is 0 Å². The van der Waals surface area contributed by atoms with Crippen LogP contribution in [0.15, 0.2) is 24.4 Å². The lowest BCUT2D eigenvalue weighted by Gasteiger charge is -2.16. The van der Waals surface area contributed by atoms with Crippen LogP contribution < -0.4 is 10.1 Å². The summed E-state index contributed by atoms with van der Waals surface area (Å²) in [5, 5.41) is 13.9. The minimum Gasteiger partial charge on any atom is -0.493 e. The fraction of sp³-hybridized carbons (Fsp3) is 0.333. The standard InChI is InChI=1S/C12H14N4O/c1-13-11(10-7-14-16-15-10)9-4-2-3-8-5-6-17-12(8)9/h2-4,7,11,13H,5-6H2,1H3,(H,14,15,16). The van der Waals surface area contributed by atoms with E-state index in [0.29, 0.717) is 0 Å². The Morgan fingerprint density at radius 1 is 1.47 bits per heavy atom. The molecule has 1 aliphatic rings. The number of nitrogens with zero attached hydrogens (tertiary/aromatic N) is 2. The smallest absolute Gasteiger partial charge is 0.127 e. The first-order chi connectivity index (χ1) is 8.40. The average Bonchev–Trinajstić information content (AvgIpc) is 3.00. The van der Waals surface area contributed by atoms with Gasteiger partial charge in [-0.25, -0.2) is 0 Å². The maximum Gasteiger partial charge on any atom is 0.127 e. The zero-order valence-corrected chi connectivity index (χ0v) is 9.60. The van der Waals surface area contributed by atoms with E-state index in [9.17, 15) is 0 Å². The Morgan fingerprint density at radius 3 is 3.18 bits per heavy atom. The highest BCUT2D eigenvalue weighted by Gasteiger charge is 2.23. The largest absolute Gasteiger partial charge is 0.493 e. The number of hydrogen-bond acceptors (Lipinski definition) is 4. The molecule has 5 nitrogen and oxygen atoms in total. The molecule has 3 rings (SSSR count). The number of fused-ring (bicyclic) bond motifs is 1. The van der Waals surface area contributed by atoms with Crippen LogP contribution in [0.1, 0.15) is 22.9 Å². The van der Waals surface area contributed by atoms with Crippen molar-refractivity contribution in [1.29, 1.82) is 0 Å². The van der Waals surface area contributed by atoms with Crippen LogP contribution in [-0.2, 0) is 6.42 Å². The summed E-state index contributed by atoms with van der Waals surface area (Å²) >= 11 is 0. The average molecular weight is 230 g/mol. The van der Waals surface area contributed by atoms with Crippen molar-refractivity contribution in [2.45, 2.75) is 12.5 Å². The molecular formula is C12H14N4O. The van der Waals surface area contributed by atoms with Gasteiger partial charge in [-0.1, -0.05) is 18.2 Å². The molecule has 5 heteroatoms. The Hall–Kier alpha value is -1.88. The van der Waals surface area contributed by atoms with E-state index in [4.69, 9.17) is 4.74 Å². The van der Waals surface area contributed by atoms with E-state index in [1.807, 2.05) is 7.05 Å². The van der Waals surface area contributed by atoms with Crippen molar-refractivity contribution in [2.24, 2.45) is 0 Å². The first-order valence-electron chi connectivity index (χ1n) is 5.67. The normalized spacial score (nSPS) is 15.4.